The largest absolute Gasteiger partial charge is 0.484 e. The van der Waals surface area contributed by atoms with Gasteiger partial charge in [0.25, 0.3) is 0 Å². The van der Waals surface area contributed by atoms with E-state index in [1.807, 2.05) is 11.0 Å². The molecule has 2 N–H and O–H groups in total. The van der Waals surface area contributed by atoms with Crippen molar-refractivity contribution in [2.24, 2.45) is 0 Å². The molecule has 10 nitrogen and oxygen atoms in total. The molecule has 15 heteroatoms. The molecule has 0 saturated carbocycles. The SMILES string of the molecule is CC(=O)N1CC2Oc3c(Cl)c(-c4ccc(F)c5sc(N)c(C#N)c45)c(F)c4nc(OC[C@@]56CCCN5C[C@H](F)C6)nc(c34)N(C)C2C1. The van der Waals surface area contributed by atoms with E-state index in [2.05, 4.69) is 9.88 Å². The lowest BCUT2D eigenvalue weighted by Crippen LogP contribution is -2.44. The maximum atomic E-state index is 17.1. The molecule has 8 rings (SSSR count). The van der Waals surface area contributed by atoms with Crippen molar-refractivity contribution in [2.75, 3.05) is 50.5 Å². The van der Waals surface area contributed by atoms with Crippen molar-refractivity contribution in [2.45, 2.75) is 50.0 Å². The lowest BCUT2D eigenvalue weighted by atomic mass is 9.95. The highest BCUT2D eigenvalue weighted by Crippen LogP contribution is 2.52. The molecular formula is C32H29ClF3N7O3S. The Kier molecular flexibility index (Phi) is 6.91. The summed E-state index contributed by atoms with van der Waals surface area (Å²) in [4.78, 5) is 27.3. The van der Waals surface area contributed by atoms with E-state index in [1.54, 1.807) is 11.9 Å². The molecule has 244 valence electrons. The van der Waals surface area contributed by atoms with Gasteiger partial charge in [0.15, 0.2) is 11.6 Å². The van der Waals surface area contributed by atoms with Crippen LogP contribution in [0.3, 0.4) is 0 Å². The number of aromatic nitrogens is 2. The van der Waals surface area contributed by atoms with Crippen LogP contribution in [-0.4, -0.2) is 89.4 Å². The third-order valence-electron chi connectivity index (χ3n) is 10.2. The summed E-state index contributed by atoms with van der Waals surface area (Å²) in [7, 11) is 1.78. The molecule has 0 radical (unpaired) electrons. The molecule has 6 heterocycles. The van der Waals surface area contributed by atoms with Gasteiger partial charge >= 0.3 is 6.01 Å². The Balaban J connectivity index is 1.35. The number of amides is 1. The van der Waals surface area contributed by atoms with Gasteiger partial charge in [-0.1, -0.05) is 17.7 Å². The number of nitrogens with two attached hydrogens (primary N) is 1. The number of hydrogen-bond donors (Lipinski definition) is 1. The summed E-state index contributed by atoms with van der Waals surface area (Å²) in [5, 5.41) is 10.2. The van der Waals surface area contributed by atoms with E-state index in [-0.39, 0.29) is 84.6 Å². The van der Waals surface area contributed by atoms with Crippen molar-refractivity contribution in [3.05, 3.63) is 34.4 Å². The molecule has 2 aromatic heterocycles. The number of likely N-dealkylation sites (N-methyl/N-ethyl adjacent to an activating group) is 1. The summed E-state index contributed by atoms with van der Waals surface area (Å²) in [5.41, 5.74) is 5.44. The first-order chi connectivity index (χ1) is 22.5. The monoisotopic (exact) mass is 683 g/mol. The Morgan fingerprint density at radius 3 is 2.85 bits per heavy atom. The molecule has 4 atom stereocenters. The van der Waals surface area contributed by atoms with E-state index in [9.17, 15) is 18.8 Å². The summed E-state index contributed by atoms with van der Waals surface area (Å²) in [5.74, 6) is -1.20. The molecule has 4 aromatic rings. The fourth-order valence-electron chi connectivity index (χ4n) is 7.87. The van der Waals surface area contributed by atoms with Gasteiger partial charge in [-0.25, -0.2) is 13.2 Å². The number of fused-ring (bicyclic) bond motifs is 3. The molecule has 47 heavy (non-hydrogen) atoms. The van der Waals surface area contributed by atoms with Crippen molar-refractivity contribution in [3.8, 4) is 29.0 Å². The van der Waals surface area contributed by atoms with Crippen molar-refractivity contribution < 1.29 is 27.4 Å². The van der Waals surface area contributed by atoms with Gasteiger partial charge in [0.1, 0.15) is 47.1 Å². The zero-order valence-electron chi connectivity index (χ0n) is 25.4. The number of halogens is 4. The molecule has 0 spiro atoms. The minimum atomic E-state index is -0.963. The second kappa shape index (κ2) is 10.7. The quantitative estimate of drug-likeness (QED) is 0.306. The number of nitrogen functional groups attached to an aromatic ring is 1. The topological polar surface area (TPSA) is 121 Å². The highest BCUT2D eigenvalue weighted by molar-refractivity contribution is 7.23. The average Bonchev–Trinajstić information content (AvgIpc) is 3.78. The summed E-state index contributed by atoms with van der Waals surface area (Å²) in [6, 6.07) is 4.06. The highest BCUT2D eigenvalue weighted by atomic mass is 35.5. The van der Waals surface area contributed by atoms with E-state index in [0.717, 1.165) is 30.7 Å². The number of likely N-dealkylation sites (tertiary alicyclic amines) is 1. The number of ether oxygens (including phenoxy) is 2. The van der Waals surface area contributed by atoms with Crippen molar-refractivity contribution in [1.29, 1.82) is 5.26 Å². The maximum absolute atomic E-state index is 17.1. The summed E-state index contributed by atoms with van der Waals surface area (Å²) < 4.78 is 59.4. The lowest BCUT2D eigenvalue weighted by Gasteiger charge is -2.31. The second-order valence-electron chi connectivity index (χ2n) is 12.8. The first kappa shape index (κ1) is 30.3. The number of nitrogens with zero attached hydrogens (tertiary/aromatic N) is 6. The molecule has 2 unspecified atom stereocenters. The first-order valence-electron chi connectivity index (χ1n) is 15.3. The van der Waals surface area contributed by atoms with Crippen LogP contribution in [0, 0.1) is 23.0 Å². The van der Waals surface area contributed by atoms with Gasteiger partial charge in [-0.15, -0.1) is 11.3 Å². The Bertz CT molecular complexity index is 2060. The van der Waals surface area contributed by atoms with Crippen LogP contribution in [0.2, 0.25) is 5.02 Å². The number of hydrogen-bond acceptors (Lipinski definition) is 10. The molecule has 2 aromatic carbocycles. The molecule has 0 aliphatic carbocycles. The van der Waals surface area contributed by atoms with Gasteiger partial charge in [-0.2, -0.15) is 15.2 Å². The number of nitriles is 1. The van der Waals surface area contributed by atoms with Crippen LogP contribution in [0.4, 0.5) is 24.0 Å². The van der Waals surface area contributed by atoms with Gasteiger partial charge in [0.2, 0.25) is 5.91 Å². The standard InChI is InChI=1S/C32H29ClF3N7O3S/c1-14(44)42-11-19-20(12-42)46-27-23-26(25(36)22(24(27)33)16-4-5-18(35)28-21(16)17(9-37)29(38)47-28)39-31(40-30(23)41(19)2)45-13-32-6-3-7-43(32)10-15(34)8-32/h4-5,15,19-20H,3,6-8,10-13,38H2,1-2H3/t15-,19?,20?,32+/m1/s1. The van der Waals surface area contributed by atoms with Gasteiger partial charge < -0.3 is 25.0 Å². The molecule has 1 amide bonds. The molecule has 4 aliphatic rings. The lowest BCUT2D eigenvalue weighted by molar-refractivity contribution is -0.128. The molecule has 3 fully saturated rings. The predicted molar refractivity (Wildman–Crippen MR) is 172 cm³/mol. The predicted octanol–water partition coefficient (Wildman–Crippen LogP) is 5.28. The van der Waals surface area contributed by atoms with Gasteiger partial charge in [0.05, 0.1) is 38.8 Å². The zero-order valence-corrected chi connectivity index (χ0v) is 27.0. The van der Waals surface area contributed by atoms with Crippen LogP contribution >= 0.6 is 22.9 Å². The van der Waals surface area contributed by atoms with Crippen LogP contribution in [0.5, 0.6) is 11.8 Å². The van der Waals surface area contributed by atoms with Crippen LogP contribution in [0.25, 0.3) is 32.1 Å². The van der Waals surface area contributed by atoms with E-state index < -0.39 is 29.4 Å². The van der Waals surface area contributed by atoms with E-state index in [0.29, 0.717) is 25.3 Å². The van der Waals surface area contributed by atoms with Crippen LogP contribution in [0.1, 0.15) is 31.7 Å². The smallest absolute Gasteiger partial charge is 0.319 e. The Hall–Kier alpha value is -4.06. The average molecular weight is 684 g/mol. The van der Waals surface area contributed by atoms with Gasteiger partial charge in [0, 0.05) is 44.4 Å². The number of carbonyl (C=O) groups is 1. The van der Waals surface area contributed by atoms with Gasteiger partial charge in [-0.05, 0) is 31.0 Å². The number of thiophene rings is 1. The second-order valence-corrected chi connectivity index (χ2v) is 14.2. The van der Waals surface area contributed by atoms with Gasteiger partial charge in [-0.3, -0.25) is 9.69 Å². The summed E-state index contributed by atoms with van der Waals surface area (Å²) in [6.07, 6.45) is 0.479. The van der Waals surface area contributed by atoms with Crippen molar-refractivity contribution in [3.63, 3.8) is 0 Å². The van der Waals surface area contributed by atoms with E-state index >= 15 is 4.39 Å². The minimum absolute atomic E-state index is 0.00467. The third-order valence-corrected chi connectivity index (χ3v) is 11.5. The zero-order chi connectivity index (χ0) is 32.9. The number of benzene rings is 2. The van der Waals surface area contributed by atoms with E-state index in [1.165, 1.54) is 19.1 Å². The number of rotatable bonds is 4. The maximum Gasteiger partial charge on any atom is 0.319 e. The van der Waals surface area contributed by atoms with Crippen LogP contribution in [0.15, 0.2) is 12.1 Å². The molecule has 3 saturated heterocycles. The Morgan fingerprint density at radius 1 is 1.28 bits per heavy atom. The van der Waals surface area contributed by atoms with Crippen LogP contribution < -0.4 is 20.1 Å². The number of carbonyl (C=O) groups excluding carboxylic acids is 1. The fourth-order valence-corrected chi connectivity index (χ4v) is 9.14. The molecule has 4 aliphatic heterocycles. The summed E-state index contributed by atoms with van der Waals surface area (Å²) in [6.45, 7) is 3.29. The summed E-state index contributed by atoms with van der Waals surface area (Å²) >= 11 is 7.94. The number of alkyl halides is 1. The van der Waals surface area contributed by atoms with Crippen molar-refractivity contribution >= 4 is 60.7 Å². The first-order valence-corrected chi connectivity index (χ1v) is 16.5. The number of anilines is 2. The minimum Gasteiger partial charge on any atom is -0.484 e. The highest BCUT2D eigenvalue weighted by Gasteiger charge is 2.50. The van der Waals surface area contributed by atoms with Crippen molar-refractivity contribution in [1.82, 2.24) is 19.8 Å². The molecule has 0 bridgehead atoms. The molecular weight excluding hydrogens is 655 g/mol. The Labute approximate surface area is 276 Å². The normalized spacial score (nSPS) is 25.2. The van der Waals surface area contributed by atoms with E-state index in [4.69, 9.17) is 31.8 Å². The fraction of sp³-hybridized carbons (Fsp3) is 0.438. The Morgan fingerprint density at radius 2 is 2.09 bits per heavy atom. The third kappa shape index (κ3) is 4.43. The van der Waals surface area contributed by atoms with Crippen LogP contribution in [-0.2, 0) is 4.79 Å².